The Kier molecular flexibility index (Phi) is 5.29. The van der Waals surface area contributed by atoms with Crippen molar-refractivity contribution in [2.75, 3.05) is 18.0 Å². The van der Waals surface area contributed by atoms with E-state index in [2.05, 4.69) is 4.98 Å². The van der Waals surface area contributed by atoms with Crippen molar-refractivity contribution >= 4 is 11.8 Å². The molecule has 1 aliphatic heterocycles. The van der Waals surface area contributed by atoms with Gasteiger partial charge in [-0.25, -0.2) is 9.37 Å². The van der Waals surface area contributed by atoms with Gasteiger partial charge in [-0.2, -0.15) is 13.2 Å². The van der Waals surface area contributed by atoms with Gasteiger partial charge >= 0.3 is 12.1 Å². The van der Waals surface area contributed by atoms with E-state index >= 15 is 0 Å². The molecule has 2 aromatic rings. The van der Waals surface area contributed by atoms with E-state index in [-0.39, 0.29) is 31.7 Å². The maximum atomic E-state index is 13.1. The lowest BCUT2D eigenvalue weighted by Gasteiger charge is -2.44. The molecule has 2 heterocycles. The van der Waals surface area contributed by atoms with Crippen LogP contribution >= 0.6 is 0 Å². The molecule has 2 atom stereocenters. The average molecular weight is 398 g/mol. The number of anilines is 1. The lowest BCUT2D eigenvalue weighted by molar-refractivity contribution is -0.157. The van der Waals surface area contributed by atoms with Crippen LogP contribution in [0.3, 0.4) is 0 Å². The number of carbonyl (C=O) groups is 1. The van der Waals surface area contributed by atoms with E-state index in [9.17, 15) is 32.6 Å². The second-order valence-electron chi connectivity index (χ2n) is 6.89. The van der Waals surface area contributed by atoms with Gasteiger partial charge in [0.2, 0.25) is 0 Å². The van der Waals surface area contributed by atoms with Gasteiger partial charge in [0.05, 0.1) is 11.7 Å². The zero-order valence-electron chi connectivity index (χ0n) is 14.7. The van der Waals surface area contributed by atoms with Crippen molar-refractivity contribution in [1.82, 2.24) is 4.98 Å². The molecular formula is C19H18F4N2O3. The number of aliphatic hydroxyl groups excluding tert-OH is 1. The molecule has 0 aliphatic carbocycles. The first kappa shape index (κ1) is 20.1. The second-order valence-corrected chi connectivity index (χ2v) is 6.89. The Morgan fingerprint density at radius 3 is 2.54 bits per heavy atom. The minimum absolute atomic E-state index is 0.00791. The molecule has 0 bridgehead atoms. The van der Waals surface area contributed by atoms with E-state index < -0.39 is 35.0 Å². The van der Waals surface area contributed by atoms with Crippen molar-refractivity contribution in [3.8, 4) is 0 Å². The van der Waals surface area contributed by atoms with Crippen molar-refractivity contribution in [3.63, 3.8) is 0 Å². The number of aliphatic hydroxyl groups is 1. The van der Waals surface area contributed by atoms with Gasteiger partial charge in [-0.3, -0.25) is 4.79 Å². The van der Waals surface area contributed by atoms with Gasteiger partial charge in [-0.05, 0) is 42.7 Å². The highest BCUT2D eigenvalue weighted by atomic mass is 19.4. The predicted molar refractivity (Wildman–Crippen MR) is 92.2 cm³/mol. The first-order valence-electron chi connectivity index (χ1n) is 8.56. The van der Waals surface area contributed by atoms with Crippen LogP contribution in [0.1, 0.15) is 17.5 Å². The molecule has 0 spiro atoms. The SMILES string of the molecule is O=C(O)[C@]1(Cc2ccc(F)cc2)CN(c2cc(C(F)(F)F)ccn2)CC[C@H]1O. The third kappa shape index (κ3) is 3.94. The fourth-order valence-corrected chi connectivity index (χ4v) is 3.47. The van der Waals surface area contributed by atoms with E-state index in [1.165, 1.54) is 29.2 Å². The minimum atomic E-state index is -4.55. The topological polar surface area (TPSA) is 73.7 Å². The molecule has 28 heavy (non-hydrogen) atoms. The van der Waals surface area contributed by atoms with Crippen LogP contribution in [-0.4, -0.2) is 40.4 Å². The molecule has 0 saturated carbocycles. The standard InChI is InChI=1S/C19H18F4N2O3/c20-14-3-1-12(2-4-14)10-18(17(27)28)11-25(8-6-15(18)26)16-9-13(5-7-24-16)19(21,22)23/h1-5,7,9,15,26H,6,8,10-11H2,(H,27,28)/t15-,18-/m1/s1. The normalized spacial score (nSPS) is 22.9. The van der Waals surface area contributed by atoms with Gasteiger partial charge in [0.25, 0.3) is 0 Å². The van der Waals surface area contributed by atoms with Gasteiger partial charge in [0.15, 0.2) is 0 Å². The third-order valence-electron chi connectivity index (χ3n) is 5.04. The second kappa shape index (κ2) is 7.38. The van der Waals surface area contributed by atoms with E-state index in [4.69, 9.17) is 0 Å². The molecule has 0 amide bonds. The van der Waals surface area contributed by atoms with E-state index in [0.717, 1.165) is 18.3 Å². The largest absolute Gasteiger partial charge is 0.481 e. The summed E-state index contributed by atoms with van der Waals surface area (Å²) in [6.07, 6.45) is -4.79. The summed E-state index contributed by atoms with van der Waals surface area (Å²) in [5, 5.41) is 20.3. The highest BCUT2D eigenvalue weighted by Gasteiger charge is 2.49. The van der Waals surface area contributed by atoms with Crippen LogP contribution in [0.4, 0.5) is 23.4 Å². The smallest absolute Gasteiger partial charge is 0.416 e. The molecule has 150 valence electrons. The summed E-state index contributed by atoms with van der Waals surface area (Å²) in [6.45, 7) is -0.0664. The highest BCUT2D eigenvalue weighted by molar-refractivity contribution is 5.77. The summed E-state index contributed by atoms with van der Waals surface area (Å²) in [7, 11) is 0. The van der Waals surface area contributed by atoms with Crippen molar-refractivity contribution in [3.05, 3.63) is 59.5 Å². The quantitative estimate of drug-likeness (QED) is 0.775. The molecule has 1 fully saturated rings. The number of pyridine rings is 1. The van der Waals surface area contributed by atoms with Crippen LogP contribution in [0, 0.1) is 11.2 Å². The first-order chi connectivity index (χ1) is 13.1. The average Bonchev–Trinajstić information content (AvgIpc) is 2.64. The molecule has 0 radical (unpaired) electrons. The number of rotatable bonds is 4. The molecule has 1 aromatic heterocycles. The number of halogens is 4. The number of aromatic nitrogens is 1. The molecule has 5 nitrogen and oxygen atoms in total. The number of aliphatic carboxylic acids is 1. The van der Waals surface area contributed by atoms with Crippen molar-refractivity contribution in [2.45, 2.75) is 25.1 Å². The predicted octanol–water partition coefficient (Wildman–Crippen LogP) is 3.12. The van der Waals surface area contributed by atoms with Crippen LogP contribution in [0.15, 0.2) is 42.6 Å². The number of hydrogen-bond donors (Lipinski definition) is 2. The van der Waals surface area contributed by atoms with Crippen molar-refractivity contribution in [2.24, 2.45) is 5.41 Å². The lowest BCUT2D eigenvalue weighted by Crippen LogP contribution is -2.57. The van der Waals surface area contributed by atoms with E-state index in [1.54, 1.807) is 0 Å². The number of carboxylic acids is 1. The zero-order chi connectivity index (χ0) is 20.5. The maximum absolute atomic E-state index is 13.1. The van der Waals surface area contributed by atoms with E-state index in [1.807, 2.05) is 0 Å². The number of nitrogens with zero attached hydrogens (tertiary/aromatic N) is 2. The maximum Gasteiger partial charge on any atom is 0.416 e. The van der Waals surface area contributed by atoms with Gasteiger partial charge in [0.1, 0.15) is 17.1 Å². The Balaban J connectivity index is 1.93. The third-order valence-corrected chi connectivity index (χ3v) is 5.04. The number of hydrogen-bond acceptors (Lipinski definition) is 4. The van der Waals surface area contributed by atoms with Crippen molar-refractivity contribution < 1.29 is 32.6 Å². The minimum Gasteiger partial charge on any atom is -0.481 e. The Labute approximate surface area is 158 Å². The molecule has 2 N–H and O–H groups in total. The van der Waals surface area contributed by atoms with Crippen LogP contribution in [0.5, 0.6) is 0 Å². The zero-order valence-corrected chi connectivity index (χ0v) is 14.7. The summed E-state index contributed by atoms with van der Waals surface area (Å²) in [5.74, 6) is -1.76. The van der Waals surface area contributed by atoms with Gasteiger partial charge in [-0.1, -0.05) is 12.1 Å². The van der Waals surface area contributed by atoms with Crippen molar-refractivity contribution in [1.29, 1.82) is 0 Å². The van der Waals surface area contributed by atoms with Crippen LogP contribution in [0.25, 0.3) is 0 Å². The molecular weight excluding hydrogens is 380 g/mol. The number of carboxylic acid groups (broad SMARTS) is 1. The Bertz CT molecular complexity index is 857. The van der Waals surface area contributed by atoms with Gasteiger partial charge in [0, 0.05) is 19.3 Å². The Morgan fingerprint density at radius 2 is 1.93 bits per heavy atom. The summed E-state index contributed by atoms with van der Waals surface area (Å²) in [5.41, 5.74) is -2.05. The number of benzene rings is 1. The molecule has 1 aromatic carbocycles. The van der Waals surface area contributed by atoms with Crippen LogP contribution < -0.4 is 4.90 Å². The molecule has 1 saturated heterocycles. The molecule has 1 aliphatic rings. The summed E-state index contributed by atoms with van der Waals surface area (Å²) < 4.78 is 52.1. The Morgan fingerprint density at radius 1 is 1.25 bits per heavy atom. The number of alkyl halides is 3. The summed E-state index contributed by atoms with van der Waals surface area (Å²) >= 11 is 0. The van der Waals surface area contributed by atoms with E-state index in [0.29, 0.717) is 5.56 Å². The van der Waals surface area contributed by atoms with Crippen LogP contribution in [0.2, 0.25) is 0 Å². The Hall–Kier alpha value is -2.68. The number of piperidine rings is 1. The van der Waals surface area contributed by atoms with Gasteiger partial charge < -0.3 is 15.1 Å². The first-order valence-corrected chi connectivity index (χ1v) is 8.56. The lowest BCUT2D eigenvalue weighted by atomic mass is 9.73. The molecule has 0 unspecified atom stereocenters. The van der Waals surface area contributed by atoms with Crippen LogP contribution in [-0.2, 0) is 17.4 Å². The molecule has 3 rings (SSSR count). The monoisotopic (exact) mass is 398 g/mol. The van der Waals surface area contributed by atoms with Gasteiger partial charge in [-0.15, -0.1) is 0 Å². The highest BCUT2D eigenvalue weighted by Crippen LogP contribution is 2.37. The summed E-state index contributed by atoms with van der Waals surface area (Å²) in [6, 6.07) is 6.92. The fraction of sp³-hybridized carbons (Fsp3) is 0.368. The molecule has 9 heteroatoms. The summed E-state index contributed by atoms with van der Waals surface area (Å²) in [4.78, 5) is 17.5. The fourth-order valence-electron chi connectivity index (χ4n) is 3.47.